The van der Waals surface area contributed by atoms with E-state index in [4.69, 9.17) is 4.74 Å². The van der Waals surface area contributed by atoms with E-state index in [0.717, 1.165) is 25.0 Å². The minimum Gasteiger partial charge on any atom is -0.494 e. The van der Waals surface area contributed by atoms with Crippen LogP contribution >= 0.6 is 11.3 Å². The van der Waals surface area contributed by atoms with Crippen molar-refractivity contribution in [2.24, 2.45) is 5.10 Å². The number of hydrogen-bond acceptors (Lipinski definition) is 5. The number of nitrogens with one attached hydrogen (secondary N) is 2. The van der Waals surface area contributed by atoms with Crippen molar-refractivity contribution in [3.63, 3.8) is 0 Å². The van der Waals surface area contributed by atoms with Crippen LogP contribution in [0.4, 0.5) is 5.00 Å². The molecule has 0 saturated carbocycles. The summed E-state index contributed by atoms with van der Waals surface area (Å²) < 4.78 is 5.69. The van der Waals surface area contributed by atoms with Crippen LogP contribution in [0.3, 0.4) is 0 Å². The largest absolute Gasteiger partial charge is 0.494 e. The Labute approximate surface area is 163 Å². The molecule has 0 aliphatic rings. The van der Waals surface area contributed by atoms with E-state index in [1.807, 2.05) is 6.07 Å². The lowest BCUT2D eigenvalue weighted by atomic mass is 10.2. The van der Waals surface area contributed by atoms with Gasteiger partial charge in [-0.05, 0) is 49.9 Å². The van der Waals surface area contributed by atoms with Crippen molar-refractivity contribution in [3.05, 3.63) is 46.8 Å². The van der Waals surface area contributed by atoms with Gasteiger partial charge >= 0.3 is 0 Å². The van der Waals surface area contributed by atoms with Gasteiger partial charge in [-0.1, -0.05) is 25.8 Å². The Hall–Kier alpha value is -2.67. The van der Waals surface area contributed by atoms with E-state index < -0.39 is 0 Å². The molecule has 0 atom stereocenters. The molecule has 1 aromatic heterocycles. The first-order chi connectivity index (χ1) is 13.0. The van der Waals surface area contributed by atoms with E-state index in [2.05, 4.69) is 22.8 Å². The molecule has 2 aromatic rings. The lowest BCUT2D eigenvalue weighted by molar-refractivity contribution is 0.0956. The molecule has 0 bridgehead atoms. The van der Waals surface area contributed by atoms with Crippen molar-refractivity contribution in [1.29, 1.82) is 0 Å². The fraction of sp³-hybridized carbons (Fsp3) is 0.350. The first-order valence-electron chi connectivity index (χ1n) is 8.94. The zero-order chi connectivity index (χ0) is 19.6. The Morgan fingerprint density at radius 2 is 1.96 bits per heavy atom. The van der Waals surface area contributed by atoms with Gasteiger partial charge in [-0.15, -0.1) is 11.3 Å². The second kappa shape index (κ2) is 10.5. The average Bonchev–Trinajstić information content (AvgIpc) is 3.11. The lowest BCUT2D eigenvalue weighted by Gasteiger charge is -2.09. The number of benzene rings is 1. The predicted octanol–water partition coefficient (Wildman–Crippen LogP) is 4.70. The second-order valence-corrected chi connectivity index (χ2v) is 7.12. The van der Waals surface area contributed by atoms with E-state index in [1.54, 1.807) is 43.5 Å². The van der Waals surface area contributed by atoms with Gasteiger partial charge in [-0.2, -0.15) is 5.10 Å². The third-order valence-corrected chi connectivity index (χ3v) is 4.46. The van der Waals surface area contributed by atoms with Gasteiger partial charge in [0.25, 0.3) is 11.8 Å². The van der Waals surface area contributed by atoms with E-state index in [0.29, 0.717) is 28.5 Å². The normalized spacial score (nSPS) is 10.2. The molecule has 2 amide bonds. The molecule has 2 N–H and O–H groups in total. The summed E-state index contributed by atoms with van der Waals surface area (Å²) in [6.07, 6.45) is 3.23. The number of rotatable bonds is 9. The van der Waals surface area contributed by atoms with Crippen molar-refractivity contribution >= 4 is 33.9 Å². The molecule has 0 unspecified atom stereocenters. The number of ether oxygens (including phenoxy) is 1. The molecular weight excluding hydrogens is 362 g/mol. The summed E-state index contributed by atoms with van der Waals surface area (Å²) in [5.74, 6) is 0.0112. The van der Waals surface area contributed by atoms with Crippen LogP contribution in [0.1, 0.15) is 60.7 Å². The van der Waals surface area contributed by atoms with Crippen molar-refractivity contribution in [2.75, 3.05) is 11.9 Å². The highest BCUT2D eigenvalue weighted by atomic mass is 32.1. The van der Waals surface area contributed by atoms with Gasteiger partial charge in [-0.25, -0.2) is 5.43 Å². The number of carbonyl (C=O) groups is 2. The number of hydrazone groups is 1. The summed E-state index contributed by atoms with van der Waals surface area (Å²) in [5, 5.41) is 8.93. The fourth-order valence-electron chi connectivity index (χ4n) is 2.25. The Kier molecular flexibility index (Phi) is 8.00. The summed E-state index contributed by atoms with van der Waals surface area (Å²) in [4.78, 5) is 24.8. The number of amides is 2. The number of carbonyl (C=O) groups excluding carboxylic acids is 2. The number of nitrogens with zero attached hydrogens (tertiary/aromatic N) is 1. The molecule has 0 radical (unpaired) electrons. The maximum absolute atomic E-state index is 12.6. The van der Waals surface area contributed by atoms with Crippen LogP contribution in [0.2, 0.25) is 0 Å². The van der Waals surface area contributed by atoms with Crippen molar-refractivity contribution < 1.29 is 14.3 Å². The summed E-state index contributed by atoms with van der Waals surface area (Å²) in [6.45, 7) is 6.34. The van der Waals surface area contributed by atoms with E-state index >= 15 is 0 Å². The van der Waals surface area contributed by atoms with Crippen LogP contribution in [-0.4, -0.2) is 24.1 Å². The van der Waals surface area contributed by atoms with Gasteiger partial charge < -0.3 is 10.1 Å². The van der Waals surface area contributed by atoms with Crippen LogP contribution in [0.15, 0.2) is 40.8 Å². The second-order valence-electron chi connectivity index (χ2n) is 6.20. The van der Waals surface area contributed by atoms with Crippen molar-refractivity contribution in [3.8, 4) is 5.75 Å². The number of unbranched alkanes of at least 4 members (excludes halogenated alkanes) is 2. The molecule has 2 rings (SSSR count). The standard InChI is InChI=1S/C20H25N3O3S/c1-4-5-6-11-26-16-9-7-8-15(13-16)18(24)21-20-17(10-12-27-20)19(25)23-22-14(2)3/h7-10,12-13H,4-6,11H2,1-3H3,(H,21,24)(H,23,25). The van der Waals surface area contributed by atoms with Crippen LogP contribution in [-0.2, 0) is 0 Å². The lowest BCUT2D eigenvalue weighted by Crippen LogP contribution is -2.20. The smallest absolute Gasteiger partial charge is 0.274 e. The van der Waals surface area contributed by atoms with Crippen molar-refractivity contribution in [2.45, 2.75) is 40.0 Å². The Balaban J connectivity index is 2.02. The summed E-state index contributed by atoms with van der Waals surface area (Å²) in [7, 11) is 0. The van der Waals surface area contributed by atoms with Crippen LogP contribution < -0.4 is 15.5 Å². The zero-order valence-electron chi connectivity index (χ0n) is 15.9. The van der Waals surface area contributed by atoms with Gasteiger partial charge in [0.2, 0.25) is 0 Å². The van der Waals surface area contributed by atoms with Gasteiger partial charge in [0, 0.05) is 11.3 Å². The maximum atomic E-state index is 12.6. The molecule has 0 fully saturated rings. The highest BCUT2D eigenvalue weighted by Gasteiger charge is 2.16. The minimum atomic E-state index is -0.360. The topological polar surface area (TPSA) is 79.8 Å². The van der Waals surface area contributed by atoms with Crippen LogP contribution in [0.25, 0.3) is 0 Å². The first-order valence-corrected chi connectivity index (χ1v) is 9.82. The molecule has 0 spiro atoms. The molecule has 0 saturated heterocycles. The fourth-order valence-corrected chi connectivity index (χ4v) is 3.03. The highest BCUT2D eigenvalue weighted by molar-refractivity contribution is 7.14. The molecule has 0 aliphatic carbocycles. The van der Waals surface area contributed by atoms with Crippen LogP contribution in [0, 0.1) is 0 Å². The molecule has 1 heterocycles. The van der Waals surface area contributed by atoms with E-state index in [-0.39, 0.29) is 11.8 Å². The van der Waals surface area contributed by atoms with Crippen molar-refractivity contribution in [1.82, 2.24) is 5.43 Å². The SMILES string of the molecule is CCCCCOc1cccc(C(=O)Nc2sccc2C(=O)NN=C(C)C)c1. The summed E-state index contributed by atoms with van der Waals surface area (Å²) >= 11 is 1.29. The minimum absolute atomic E-state index is 0.291. The first kappa shape index (κ1) is 20.6. The van der Waals surface area contributed by atoms with Gasteiger partial charge in [-0.3, -0.25) is 9.59 Å². The number of hydrogen-bond donors (Lipinski definition) is 2. The van der Waals surface area contributed by atoms with E-state index in [9.17, 15) is 9.59 Å². The van der Waals surface area contributed by atoms with E-state index in [1.165, 1.54) is 11.3 Å². The molecule has 7 heteroatoms. The number of anilines is 1. The molecule has 6 nitrogen and oxygen atoms in total. The zero-order valence-corrected chi connectivity index (χ0v) is 16.7. The van der Waals surface area contributed by atoms with Gasteiger partial charge in [0.05, 0.1) is 12.2 Å². The summed E-state index contributed by atoms with van der Waals surface area (Å²) in [6, 6.07) is 8.69. The summed E-state index contributed by atoms with van der Waals surface area (Å²) in [5.41, 5.74) is 4.06. The molecule has 27 heavy (non-hydrogen) atoms. The third-order valence-electron chi connectivity index (χ3n) is 3.63. The molecule has 0 aliphatic heterocycles. The highest BCUT2D eigenvalue weighted by Crippen LogP contribution is 2.24. The van der Waals surface area contributed by atoms with Gasteiger partial charge in [0.15, 0.2) is 0 Å². The molecular formula is C20H25N3O3S. The van der Waals surface area contributed by atoms with Crippen LogP contribution in [0.5, 0.6) is 5.75 Å². The third kappa shape index (κ3) is 6.53. The Morgan fingerprint density at radius 1 is 1.15 bits per heavy atom. The average molecular weight is 388 g/mol. The Morgan fingerprint density at radius 3 is 2.70 bits per heavy atom. The quantitative estimate of drug-likeness (QED) is 0.372. The van der Waals surface area contributed by atoms with Gasteiger partial charge in [0.1, 0.15) is 10.8 Å². The molecule has 1 aromatic carbocycles. The monoisotopic (exact) mass is 387 g/mol. The molecule has 144 valence electrons. The Bertz CT molecular complexity index is 810. The predicted molar refractivity (Wildman–Crippen MR) is 110 cm³/mol. The number of thiophene rings is 1. The maximum Gasteiger partial charge on any atom is 0.274 e.